The molecule has 5 heteroatoms. The number of hydrogen-bond donors (Lipinski definition) is 2. The Morgan fingerprint density at radius 3 is 2.76 bits per heavy atom. The van der Waals surface area contributed by atoms with Gasteiger partial charge in [-0.3, -0.25) is 4.79 Å². The van der Waals surface area contributed by atoms with Crippen LogP contribution in [-0.2, 0) is 4.79 Å². The minimum absolute atomic E-state index is 0.123. The Kier molecular flexibility index (Phi) is 3.74. The summed E-state index contributed by atoms with van der Waals surface area (Å²) in [5, 5.41) is 2.88. The van der Waals surface area contributed by atoms with Crippen LogP contribution in [0.4, 0.5) is 11.4 Å². The Morgan fingerprint density at radius 2 is 2.05 bits per heavy atom. The van der Waals surface area contributed by atoms with Crippen LogP contribution in [0, 0.1) is 11.8 Å². The number of carbonyl (C=O) groups is 1. The topological polar surface area (TPSA) is 58.4 Å². The van der Waals surface area contributed by atoms with Gasteiger partial charge in [-0.25, -0.2) is 0 Å². The molecule has 1 aromatic rings. The van der Waals surface area contributed by atoms with Crippen molar-refractivity contribution in [2.45, 2.75) is 39.3 Å². The lowest BCUT2D eigenvalue weighted by atomic mass is 9.85. The van der Waals surface area contributed by atoms with Crippen LogP contribution in [0.3, 0.4) is 0 Å². The van der Waals surface area contributed by atoms with Gasteiger partial charge in [0.1, 0.15) is 6.04 Å². The summed E-state index contributed by atoms with van der Waals surface area (Å²) in [6.45, 7) is 7.93. The first kappa shape index (κ1) is 14.9. The summed E-state index contributed by atoms with van der Waals surface area (Å²) in [5.74, 6) is 1.21. The lowest BCUT2D eigenvalue weighted by Crippen LogP contribution is -2.46. The summed E-state index contributed by atoms with van der Waals surface area (Å²) in [6.07, 6.45) is 1.27. The molecule has 1 aromatic carbocycles. The van der Waals surface area contributed by atoms with Crippen molar-refractivity contribution in [3.05, 3.63) is 22.2 Å². The quantitative estimate of drug-likeness (QED) is 0.816. The fraction of sp³-hybridized carbons (Fsp3) is 0.562. The van der Waals surface area contributed by atoms with E-state index >= 15 is 0 Å². The second kappa shape index (κ2) is 5.29. The number of hydrogen-bond acceptors (Lipinski definition) is 3. The van der Waals surface area contributed by atoms with E-state index in [2.05, 4.69) is 53.0 Å². The summed E-state index contributed by atoms with van der Waals surface area (Å²) < 4.78 is 1.02. The highest BCUT2D eigenvalue weighted by Gasteiger charge is 2.33. The maximum absolute atomic E-state index is 11.7. The Morgan fingerprint density at radius 1 is 1.33 bits per heavy atom. The number of piperidine rings is 1. The second-order valence-corrected chi connectivity index (χ2v) is 7.42. The third-order valence-corrected chi connectivity index (χ3v) is 5.54. The third kappa shape index (κ3) is 2.46. The lowest BCUT2D eigenvalue weighted by Gasteiger charge is -2.43. The molecule has 4 unspecified atom stereocenters. The second-order valence-electron chi connectivity index (χ2n) is 6.57. The van der Waals surface area contributed by atoms with Crippen LogP contribution < -0.4 is 16.0 Å². The third-order valence-electron chi connectivity index (χ3n) is 4.90. The van der Waals surface area contributed by atoms with Crippen molar-refractivity contribution in [2.24, 2.45) is 17.6 Å². The standard InChI is InChI=1S/C16H22BrN3O/c1-8-4-9(2)10(3)20(7-8)14-6-13-11(5-12(14)17)15(18)16(21)19-13/h5-6,8-10,15H,4,7,18H2,1-3H3,(H,19,21). The van der Waals surface area contributed by atoms with Gasteiger partial charge in [-0.2, -0.15) is 0 Å². The van der Waals surface area contributed by atoms with E-state index in [0.29, 0.717) is 17.9 Å². The Bertz CT molecular complexity index is 589. The molecular formula is C16H22BrN3O. The number of carbonyl (C=O) groups excluding carboxylic acids is 1. The number of halogens is 1. The van der Waals surface area contributed by atoms with E-state index in [-0.39, 0.29) is 5.91 Å². The monoisotopic (exact) mass is 351 g/mol. The highest BCUT2D eigenvalue weighted by molar-refractivity contribution is 9.10. The van der Waals surface area contributed by atoms with Gasteiger partial charge in [0, 0.05) is 28.3 Å². The maximum Gasteiger partial charge on any atom is 0.245 e. The average Bonchev–Trinajstić information content (AvgIpc) is 2.69. The summed E-state index contributed by atoms with van der Waals surface area (Å²) in [4.78, 5) is 14.2. The number of rotatable bonds is 1. The molecule has 2 aliphatic rings. The average molecular weight is 352 g/mol. The molecule has 0 saturated carbocycles. The molecule has 21 heavy (non-hydrogen) atoms. The van der Waals surface area contributed by atoms with E-state index in [0.717, 1.165) is 28.0 Å². The molecule has 3 rings (SSSR count). The van der Waals surface area contributed by atoms with Gasteiger partial charge in [-0.15, -0.1) is 0 Å². The molecule has 0 aliphatic carbocycles. The molecule has 114 valence electrons. The highest BCUT2D eigenvalue weighted by atomic mass is 79.9. The summed E-state index contributed by atoms with van der Waals surface area (Å²) in [6, 6.07) is 3.98. The van der Waals surface area contributed by atoms with Crippen LogP contribution in [0.25, 0.3) is 0 Å². The van der Waals surface area contributed by atoms with E-state index < -0.39 is 6.04 Å². The predicted octanol–water partition coefficient (Wildman–Crippen LogP) is 3.27. The van der Waals surface area contributed by atoms with Crippen LogP contribution in [0.5, 0.6) is 0 Å². The van der Waals surface area contributed by atoms with Crippen LogP contribution in [0.1, 0.15) is 38.8 Å². The number of nitrogens with one attached hydrogen (secondary N) is 1. The first-order chi connectivity index (χ1) is 9.88. The van der Waals surface area contributed by atoms with Gasteiger partial charge < -0.3 is 16.0 Å². The van der Waals surface area contributed by atoms with Gasteiger partial charge in [-0.1, -0.05) is 13.8 Å². The minimum atomic E-state index is -0.554. The molecule has 4 atom stereocenters. The van der Waals surface area contributed by atoms with Crippen molar-refractivity contribution in [3.8, 4) is 0 Å². The van der Waals surface area contributed by atoms with Crippen molar-refractivity contribution < 1.29 is 4.79 Å². The number of nitrogens with two attached hydrogens (primary N) is 1. The van der Waals surface area contributed by atoms with Crippen molar-refractivity contribution in [1.82, 2.24) is 0 Å². The molecule has 0 spiro atoms. The summed E-state index contributed by atoms with van der Waals surface area (Å²) >= 11 is 3.66. The SMILES string of the molecule is CC1CC(C)C(C)N(c2cc3c(cc2Br)C(N)C(=O)N3)C1. The summed E-state index contributed by atoms with van der Waals surface area (Å²) in [7, 11) is 0. The van der Waals surface area contributed by atoms with E-state index in [1.165, 1.54) is 6.42 Å². The molecule has 4 nitrogen and oxygen atoms in total. The van der Waals surface area contributed by atoms with Crippen LogP contribution >= 0.6 is 15.9 Å². The first-order valence-electron chi connectivity index (χ1n) is 7.55. The van der Waals surface area contributed by atoms with Crippen molar-refractivity contribution >= 4 is 33.2 Å². The number of benzene rings is 1. The summed E-state index contributed by atoms with van der Waals surface area (Å²) in [5.41, 5.74) is 8.79. The van der Waals surface area contributed by atoms with Gasteiger partial charge in [0.2, 0.25) is 5.91 Å². The zero-order chi connectivity index (χ0) is 15.3. The fourth-order valence-corrected chi connectivity index (χ4v) is 4.14. The molecule has 2 heterocycles. The lowest BCUT2D eigenvalue weighted by molar-refractivity contribution is -0.116. The van der Waals surface area contributed by atoms with E-state index in [4.69, 9.17) is 5.73 Å². The maximum atomic E-state index is 11.7. The van der Waals surface area contributed by atoms with Gasteiger partial charge in [0.25, 0.3) is 0 Å². The highest BCUT2D eigenvalue weighted by Crippen LogP contribution is 2.41. The fourth-order valence-electron chi connectivity index (χ4n) is 3.55. The van der Waals surface area contributed by atoms with Gasteiger partial charge in [0.15, 0.2) is 0 Å². The van der Waals surface area contributed by atoms with Crippen LogP contribution in [0.2, 0.25) is 0 Å². The van der Waals surface area contributed by atoms with Crippen molar-refractivity contribution in [2.75, 3.05) is 16.8 Å². The molecule has 0 radical (unpaired) electrons. The molecule has 1 saturated heterocycles. The molecule has 3 N–H and O–H groups in total. The molecule has 0 aromatic heterocycles. The zero-order valence-corrected chi connectivity index (χ0v) is 14.3. The number of nitrogens with zero attached hydrogens (tertiary/aromatic N) is 1. The van der Waals surface area contributed by atoms with Gasteiger partial charge in [-0.05, 0) is 53.2 Å². The molecule has 1 amide bonds. The van der Waals surface area contributed by atoms with Crippen LogP contribution in [0.15, 0.2) is 16.6 Å². The first-order valence-corrected chi connectivity index (χ1v) is 8.34. The number of anilines is 2. The van der Waals surface area contributed by atoms with E-state index in [1.807, 2.05) is 6.07 Å². The van der Waals surface area contributed by atoms with E-state index in [9.17, 15) is 4.79 Å². The Labute approximate surface area is 134 Å². The predicted molar refractivity (Wildman–Crippen MR) is 89.5 cm³/mol. The van der Waals surface area contributed by atoms with Gasteiger partial charge in [0.05, 0.1) is 5.69 Å². The molecule has 0 bridgehead atoms. The minimum Gasteiger partial charge on any atom is -0.367 e. The van der Waals surface area contributed by atoms with Crippen LogP contribution in [-0.4, -0.2) is 18.5 Å². The Balaban J connectivity index is 2.00. The largest absolute Gasteiger partial charge is 0.367 e. The molecule has 1 fully saturated rings. The zero-order valence-electron chi connectivity index (χ0n) is 12.7. The van der Waals surface area contributed by atoms with Crippen molar-refractivity contribution in [1.29, 1.82) is 0 Å². The number of fused-ring (bicyclic) bond motifs is 1. The number of amides is 1. The smallest absolute Gasteiger partial charge is 0.245 e. The molecule has 2 aliphatic heterocycles. The van der Waals surface area contributed by atoms with E-state index in [1.54, 1.807) is 0 Å². The Hall–Kier alpha value is -1.07. The van der Waals surface area contributed by atoms with Crippen molar-refractivity contribution in [3.63, 3.8) is 0 Å². The molecular weight excluding hydrogens is 330 g/mol. The van der Waals surface area contributed by atoms with Gasteiger partial charge >= 0.3 is 0 Å². The normalized spacial score (nSPS) is 32.0.